The zero-order valence-electron chi connectivity index (χ0n) is 10.8. The Morgan fingerprint density at radius 1 is 1.37 bits per heavy atom. The highest BCUT2D eigenvalue weighted by atomic mass is 79.9. The minimum Gasteiger partial charge on any atom is -0.378 e. The molecule has 2 heterocycles. The molecule has 0 saturated carbocycles. The van der Waals surface area contributed by atoms with E-state index in [1.807, 2.05) is 13.1 Å². The normalized spacial score (nSPS) is 10.8. The van der Waals surface area contributed by atoms with E-state index >= 15 is 0 Å². The number of thiophene rings is 1. The van der Waals surface area contributed by atoms with E-state index in [0.29, 0.717) is 12.4 Å². The van der Waals surface area contributed by atoms with E-state index in [9.17, 15) is 0 Å². The molecule has 2 aromatic heterocycles. The molecule has 0 fully saturated rings. The fraction of sp³-hybridized carbons (Fsp3) is 0.333. The van der Waals surface area contributed by atoms with Crippen LogP contribution < -0.4 is 5.32 Å². The number of aromatic nitrogens is 2. The lowest BCUT2D eigenvalue weighted by Crippen LogP contribution is -2.03. The Kier molecular flexibility index (Phi) is 4.94. The third kappa shape index (κ3) is 3.16. The van der Waals surface area contributed by atoms with E-state index in [4.69, 9.17) is 4.74 Å². The van der Waals surface area contributed by atoms with Crippen molar-refractivity contribution in [3.63, 3.8) is 0 Å². The molecule has 0 saturated heterocycles. The zero-order chi connectivity index (χ0) is 14.0. The maximum Gasteiger partial charge on any atom is 0.172 e. The number of anilines is 1. The van der Waals surface area contributed by atoms with Crippen LogP contribution in [-0.2, 0) is 11.3 Å². The molecule has 2 aromatic rings. The van der Waals surface area contributed by atoms with Gasteiger partial charge in [-0.25, -0.2) is 9.97 Å². The standard InChI is InChI=1S/C12H13Br2N3OS/c1-6-7(13)4-9(19-6)11-16-8(5-18-3)10(14)12(15-2)17-11/h4H,5H2,1-3H3,(H,15,16,17). The number of hydrogen-bond acceptors (Lipinski definition) is 5. The van der Waals surface area contributed by atoms with Gasteiger partial charge in [0.1, 0.15) is 5.82 Å². The Bertz CT molecular complexity index is 581. The van der Waals surface area contributed by atoms with Crippen molar-refractivity contribution in [2.24, 2.45) is 0 Å². The van der Waals surface area contributed by atoms with Crippen LogP contribution in [0.3, 0.4) is 0 Å². The minimum absolute atomic E-state index is 0.441. The van der Waals surface area contributed by atoms with Crippen LogP contribution in [0.4, 0.5) is 5.82 Å². The van der Waals surface area contributed by atoms with Gasteiger partial charge in [0.2, 0.25) is 0 Å². The van der Waals surface area contributed by atoms with E-state index in [0.717, 1.165) is 25.3 Å². The molecule has 7 heteroatoms. The molecule has 0 amide bonds. The second-order valence-electron chi connectivity index (χ2n) is 3.85. The quantitative estimate of drug-likeness (QED) is 0.825. The average molecular weight is 407 g/mol. The van der Waals surface area contributed by atoms with Crippen molar-refractivity contribution >= 4 is 49.0 Å². The number of aryl methyl sites for hydroxylation is 1. The Balaban J connectivity index is 2.54. The summed E-state index contributed by atoms with van der Waals surface area (Å²) in [5.41, 5.74) is 0.832. The zero-order valence-corrected chi connectivity index (χ0v) is 14.7. The topological polar surface area (TPSA) is 47.0 Å². The van der Waals surface area contributed by atoms with Gasteiger partial charge < -0.3 is 10.1 Å². The van der Waals surface area contributed by atoms with Gasteiger partial charge in [-0.05, 0) is 44.8 Å². The maximum atomic E-state index is 5.17. The van der Waals surface area contributed by atoms with Crippen molar-refractivity contribution in [1.29, 1.82) is 0 Å². The van der Waals surface area contributed by atoms with Gasteiger partial charge in [-0.3, -0.25) is 0 Å². The van der Waals surface area contributed by atoms with Crippen molar-refractivity contribution in [3.05, 3.63) is 25.6 Å². The monoisotopic (exact) mass is 405 g/mol. The molecule has 102 valence electrons. The molecule has 0 radical (unpaired) electrons. The molecular weight excluding hydrogens is 394 g/mol. The number of nitrogens with zero attached hydrogens (tertiary/aromatic N) is 2. The second-order valence-corrected chi connectivity index (χ2v) is 6.76. The molecule has 0 aliphatic heterocycles. The Labute approximate surface area is 132 Å². The van der Waals surface area contributed by atoms with Crippen molar-refractivity contribution < 1.29 is 4.74 Å². The predicted octanol–water partition coefficient (Wildman–Crippen LogP) is 4.23. The molecule has 4 nitrogen and oxygen atoms in total. The Morgan fingerprint density at radius 3 is 2.63 bits per heavy atom. The van der Waals surface area contributed by atoms with E-state index in [1.54, 1.807) is 18.4 Å². The summed E-state index contributed by atoms with van der Waals surface area (Å²) in [4.78, 5) is 11.3. The van der Waals surface area contributed by atoms with Crippen molar-refractivity contribution in [3.8, 4) is 10.7 Å². The van der Waals surface area contributed by atoms with Crippen LogP contribution in [0.25, 0.3) is 10.7 Å². The molecule has 0 spiro atoms. The molecule has 0 aliphatic rings. The lowest BCUT2D eigenvalue weighted by molar-refractivity contribution is 0.181. The first-order chi connectivity index (χ1) is 9.06. The fourth-order valence-corrected chi connectivity index (χ4v) is 3.53. The summed E-state index contributed by atoms with van der Waals surface area (Å²) < 4.78 is 7.10. The Hall–Kier alpha value is -0.500. The third-order valence-corrected chi connectivity index (χ3v) is 5.48. The summed E-state index contributed by atoms with van der Waals surface area (Å²) in [6.07, 6.45) is 0. The number of rotatable bonds is 4. The molecule has 19 heavy (non-hydrogen) atoms. The van der Waals surface area contributed by atoms with Gasteiger partial charge in [-0.15, -0.1) is 11.3 Å². The largest absolute Gasteiger partial charge is 0.378 e. The highest BCUT2D eigenvalue weighted by Gasteiger charge is 2.14. The van der Waals surface area contributed by atoms with Crippen LogP contribution in [0.15, 0.2) is 15.0 Å². The summed E-state index contributed by atoms with van der Waals surface area (Å²) in [5.74, 6) is 1.47. The van der Waals surface area contributed by atoms with Gasteiger partial charge in [-0.2, -0.15) is 0 Å². The summed E-state index contributed by atoms with van der Waals surface area (Å²) >= 11 is 8.68. The van der Waals surface area contributed by atoms with Crippen molar-refractivity contribution in [1.82, 2.24) is 9.97 Å². The summed E-state index contributed by atoms with van der Waals surface area (Å²) in [5, 5.41) is 3.06. The number of nitrogens with one attached hydrogen (secondary N) is 1. The Morgan fingerprint density at radius 2 is 2.11 bits per heavy atom. The lowest BCUT2D eigenvalue weighted by atomic mass is 10.3. The summed E-state index contributed by atoms with van der Waals surface area (Å²) in [7, 11) is 3.49. The highest BCUT2D eigenvalue weighted by molar-refractivity contribution is 9.11. The number of ether oxygens (including phenoxy) is 1. The SMILES string of the molecule is CNc1nc(-c2cc(Br)c(C)s2)nc(COC)c1Br. The average Bonchev–Trinajstić information content (AvgIpc) is 2.72. The van der Waals surface area contributed by atoms with Crippen LogP contribution in [0.1, 0.15) is 10.6 Å². The van der Waals surface area contributed by atoms with E-state index in [-0.39, 0.29) is 0 Å². The molecule has 0 atom stereocenters. The summed E-state index contributed by atoms with van der Waals surface area (Å²) in [6.45, 7) is 2.50. The van der Waals surface area contributed by atoms with Crippen LogP contribution in [0.2, 0.25) is 0 Å². The first-order valence-electron chi connectivity index (χ1n) is 5.56. The second kappa shape index (κ2) is 6.30. The maximum absolute atomic E-state index is 5.17. The lowest BCUT2D eigenvalue weighted by Gasteiger charge is -2.09. The van der Waals surface area contributed by atoms with E-state index in [1.165, 1.54) is 4.88 Å². The number of hydrogen-bond donors (Lipinski definition) is 1. The molecule has 0 aromatic carbocycles. The van der Waals surface area contributed by atoms with Gasteiger partial charge in [0.05, 0.1) is 21.7 Å². The minimum atomic E-state index is 0.441. The number of methoxy groups -OCH3 is 1. The predicted molar refractivity (Wildman–Crippen MR) is 85.7 cm³/mol. The molecule has 1 N–H and O–H groups in total. The van der Waals surface area contributed by atoms with Crippen molar-refractivity contribution in [2.75, 3.05) is 19.5 Å². The van der Waals surface area contributed by atoms with Crippen LogP contribution >= 0.6 is 43.2 Å². The smallest absolute Gasteiger partial charge is 0.172 e. The number of halogens is 2. The van der Waals surface area contributed by atoms with Gasteiger partial charge in [0, 0.05) is 23.5 Å². The third-order valence-electron chi connectivity index (χ3n) is 2.52. The van der Waals surface area contributed by atoms with Gasteiger partial charge in [-0.1, -0.05) is 0 Å². The summed E-state index contributed by atoms with van der Waals surface area (Å²) in [6, 6.07) is 2.04. The van der Waals surface area contributed by atoms with Gasteiger partial charge >= 0.3 is 0 Å². The molecule has 0 unspecified atom stereocenters. The first-order valence-corrected chi connectivity index (χ1v) is 7.96. The molecule has 2 rings (SSSR count). The fourth-order valence-electron chi connectivity index (χ4n) is 1.57. The van der Waals surface area contributed by atoms with Gasteiger partial charge in [0.15, 0.2) is 5.82 Å². The molecule has 0 bridgehead atoms. The van der Waals surface area contributed by atoms with Crippen LogP contribution in [0, 0.1) is 6.92 Å². The first kappa shape index (κ1) is 14.9. The molecular formula is C12H13Br2N3OS. The van der Waals surface area contributed by atoms with E-state index < -0.39 is 0 Å². The highest BCUT2D eigenvalue weighted by Crippen LogP contribution is 2.34. The van der Waals surface area contributed by atoms with Crippen LogP contribution in [0.5, 0.6) is 0 Å². The van der Waals surface area contributed by atoms with E-state index in [2.05, 4.69) is 54.1 Å². The van der Waals surface area contributed by atoms with Crippen molar-refractivity contribution in [2.45, 2.75) is 13.5 Å². The molecule has 0 aliphatic carbocycles. The van der Waals surface area contributed by atoms with Gasteiger partial charge in [0.25, 0.3) is 0 Å². The van der Waals surface area contributed by atoms with Crippen LogP contribution in [-0.4, -0.2) is 24.1 Å².